The fourth-order valence-corrected chi connectivity index (χ4v) is 1.41. The zero-order chi connectivity index (χ0) is 10.1. The summed E-state index contributed by atoms with van der Waals surface area (Å²) >= 11 is 0. The summed E-state index contributed by atoms with van der Waals surface area (Å²) in [6, 6.07) is 0. The third kappa shape index (κ3) is 7.03. The predicted octanol–water partition coefficient (Wildman–Crippen LogP) is 2.29. The van der Waals surface area contributed by atoms with Crippen LogP contribution >= 0.6 is 0 Å². The minimum Gasteiger partial charge on any atom is -0.385 e. The van der Waals surface area contributed by atoms with E-state index >= 15 is 0 Å². The van der Waals surface area contributed by atoms with Crippen molar-refractivity contribution in [3.8, 4) is 0 Å². The lowest BCUT2D eigenvalue weighted by molar-refractivity contribution is 0.182. The average Bonchev–Trinajstić information content (AvgIpc) is 2.14. The number of ether oxygens (including phenoxy) is 1. The Labute approximate surface area is 83.1 Å². The standard InChI is InChI=1S/C11H25NO/c1-5-12-9-11(3)10(2)7-6-8-13-4/h10-12H,5-9H2,1-4H3. The van der Waals surface area contributed by atoms with Crippen LogP contribution in [0.2, 0.25) is 0 Å². The number of hydrogen-bond acceptors (Lipinski definition) is 2. The molecule has 0 rings (SSSR count). The molecule has 80 valence electrons. The van der Waals surface area contributed by atoms with E-state index in [-0.39, 0.29) is 0 Å². The molecule has 0 aromatic rings. The summed E-state index contributed by atoms with van der Waals surface area (Å²) in [5.41, 5.74) is 0. The van der Waals surface area contributed by atoms with Crippen LogP contribution in [0.1, 0.15) is 33.6 Å². The molecule has 0 aliphatic rings. The quantitative estimate of drug-likeness (QED) is 0.589. The van der Waals surface area contributed by atoms with Crippen molar-refractivity contribution in [2.45, 2.75) is 33.6 Å². The third-order valence-electron chi connectivity index (χ3n) is 2.70. The lowest BCUT2D eigenvalue weighted by Crippen LogP contribution is -2.25. The van der Waals surface area contributed by atoms with Crippen molar-refractivity contribution >= 4 is 0 Å². The lowest BCUT2D eigenvalue weighted by atomic mass is 9.91. The predicted molar refractivity (Wildman–Crippen MR) is 58.0 cm³/mol. The maximum absolute atomic E-state index is 5.04. The van der Waals surface area contributed by atoms with E-state index < -0.39 is 0 Å². The topological polar surface area (TPSA) is 21.3 Å². The Morgan fingerprint density at radius 2 is 1.92 bits per heavy atom. The van der Waals surface area contributed by atoms with Crippen LogP contribution in [-0.2, 0) is 4.74 Å². The van der Waals surface area contributed by atoms with Gasteiger partial charge < -0.3 is 10.1 Å². The number of methoxy groups -OCH3 is 1. The summed E-state index contributed by atoms with van der Waals surface area (Å²) < 4.78 is 5.04. The molecule has 0 heterocycles. The Kier molecular flexibility index (Phi) is 8.46. The minimum absolute atomic E-state index is 0.775. The van der Waals surface area contributed by atoms with Gasteiger partial charge in [-0.3, -0.25) is 0 Å². The maximum atomic E-state index is 5.04. The van der Waals surface area contributed by atoms with Crippen molar-refractivity contribution in [3.05, 3.63) is 0 Å². The molecule has 0 spiro atoms. The van der Waals surface area contributed by atoms with Gasteiger partial charge in [-0.2, -0.15) is 0 Å². The molecule has 0 radical (unpaired) electrons. The molecule has 2 nitrogen and oxygen atoms in total. The van der Waals surface area contributed by atoms with Crippen LogP contribution in [0.25, 0.3) is 0 Å². The first kappa shape index (κ1) is 12.9. The SMILES string of the molecule is CCNCC(C)C(C)CCCOC. The highest BCUT2D eigenvalue weighted by molar-refractivity contribution is 4.64. The molecule has 2 unspecified atom stereocenters. The highest BCUT2D eigenvalue weighted by Gasteiger charge is 2.10. The van der Waals surface area contributed by atoms with Gasteiger partial charge in [-0.15, -0.1) is 0 Å². The molecule has 0 bridgehead atoms. The first-order valence-electron chi connectivity index (χ1n) is 5.42. The fraction of sp³-hybridized carbons (Fsp3) is 1.00. The van der Waals surface area contributed by atoms with E-state index in [1.54, 1.807) is 7.11 Å². The minimum atomic E-state index is 0.775. The smallest absolute Gasteiger partial charge is 0.0462 e. The Morgan fingerprint density at radius 1 is 1.23 bits per heavy atom. The first-order valence-corrected chi connectivity index (χ1v) is 5.42. The molecule has 1 N–H and O–H groups in total. The summed E-state index contributed by atoms with van der Waals surface area (Å²) in [5.74, 6) is 1.58. The van der Waals surface area contributed by atoms with Gasteiger partial charge in [0.2, 0.25) is 0 Å². The van der Waals surface area contributed by atoms with E-state index in [4.69, 9.17) is 4.74 Å². The van der Waals surface area contributed by atoms with Gasteiger partial charge in [0.25, 0.3) is 0 Å². The third-order valence-corrected chi connectivity index (χ3v) is 2.70. The van der Waals surface area contributed by atoms with E-state index in [0.717, 1.165) is 31.5 Å². The lowest BCUT2D eigenvalue weighted by Gasteiger charge is -2.19. The molecule has 13 heavy (non-hydrogen) atoms. The van der Waals surface area contributed by atoms with Gasteiger partial charge in [-0.05, 0) is 37.8 Å². The molecular formula is C11H25NO. The van der Waals surface area contributed by atoms with Crippen LogP contribution in [0.5, 0.6) is 0 Å². The van der Waals surface area contributed by atoms with Gasteiger partial charge in [-0.25, -0.2) is 0 Å². The Balaban J connectivity index is 3.38. The van der Waals surface area contributed by atoms with E-state index in [1.165, 1.54) is 12.8 Å². The van der Waals surface area contributed by atoms with Crippen molar-refractivity contribution in [2.24, 2.45) is 11.8 Å². The van der Waals surface area contributed by atoms with Crippen LogP contribution in [0.4, 0.5) is 0 Å². The van der Waals surface area contributed by atoms with Crippen molar-refractivity contribution in [1.82, 2.24) is 5.32 Å². The van der Waals surface area contributed by atoms with Gasteiger partial charge in [0.1, 0.15) is 0 Å². The Bertz CT molecular complexity index is 106. The van der Waals surface area contributed by atoms with Crippen LogP contribution in [0, 0.1) is 11.8 Å². The zero-order valence-electron chi connectivity index (χ0n) is 9.60. The number of nitrogens with one attached hydrogen (secondary N) is 1. The molecule has 0 saturated carbocycles. The summed E-state index contributed by atoms with van der Waals surface area (Å²) in [6.45, 7) is 9.93. The molecule has 0 aromatic carbocycles. The van der Waals surface area contributed by atoms with Crippen molar-refractivity contribution in [2.75, 3.05) is 26.8 Å². The second-order valence-electron chi connectivity index (χ2n) is 3.90. The van der Waals surface area contributed by atoms with Crippen LogP contribution in [0.3, 0.4) is 0 Å². The molecule has 0 aromatic heterocycles. The van der Waals surface area contributed by atoms with Crippen molar-refractivity contribution in [1.29, 1.82) is 0 Å². The van der Waals surface area contributed by atoms with Crippen LogP contribution in [-0.4, -0.2) is 26.8 Å². The van der Waals surface area contributed by atoms with Gasteiger partial charge in [0.15, 0.2) is 0 Å². The normalized spacial score (nSPS) is 15.7. The van der Waals surface area contributed by atoms with Crippen LogP contribution < -0.4 is 5.32 Å². The van der Waals surface area contributed by atoms with Crippen LogP contribution in [0.15, 0.2) is 0 Å². The summed E-state index contributed by atoms with van der Waals surface area (Å²) in [6.07, 6.45) is 2.47. The monoisotopic (exact) mass is 187 g/mol. The van der Waals surface area contributed by atoms with Gasteiger partial charge in [0, 0.05) is 13.7 Å². The Hall–Kier alpha value is -0.0800. The zero-order valence-corrected chi connectivity index (χ0v) is 9.60. The Morgan fingerprint density at radius 3 is 2.46 bits per heavy atom. The molecule has 0 fully saturated rings. The molecular weight excluding hydrogens is 162 g/mol. The highest BCUT2D eigenvalue weighted by atomic mass is 16.5. The van der Waals surface area contributed by atoms with Crippen molar-refractivity contribution in [3.63, 3.8) is 0 Å². The molecule has 2 heteroatoms. The summed E-state index contributed by atoms with van der Waals surface area (Å²) in [5, 5.41) is 3.39. The molecule has 0 amide bonds. The van der Waals surface area contributed by atoms with E-state index in [1.807, 2.05) is 0 Å². The second-order valence-corrected chi connectivity index (χ2v) is 3.90. The number of hydrogen-bond donors (Lipinski definition) is 1. The average molecular weight is 187 g/mol. The summed E-state index contributed by atoms with van der Waals surface area (Å²) in [7, 11) is 1.77. The molecule has 2 atom stereocenters. The van der Waals surface area contributed by atoms with Crippen molar-refractivity contribution < 1.29 is 4.74 Å². The maximum Gasteiger partial charge on any atom is 0.0462 e. The van der Waals surface area contributed by atoms with Gasteiger partial charge in [-0.1, -0.05) is 20.8 Å². The van der Waals surface area contributed by atoms with E-state index in [9.17, 15) is 0 Å². The summed E-state index contributed by atoms with van der Waals surface area (Å²) in [4.78, 5) is 0. The van der Waals surface area contributed by atoms with E-state index in [2.05, 4.69) is 26.1 Å². The van der Waals surface area contributed by atoms with E-state index in [0.29, 0.717) is 0 Å². The molecule has 0 saturated heterocycles. The fourth-order valence-electron chi connectivity index (χ4n) is 1.41. The molecule has 0 aliphatic carbocycles. The molecule has 0 aliphatic heterocycles. The largest absolute Gasteiger partial charge is 0.385 e. The van der Waals surface area contributed by atoms with Gasteiger partial charge >= 0.3 is 0 Å². The first-order chi connectivity index (χ1) is 6.22. The van der Waals surface area contributed by atoms with Gasteiger partial charge in [0.05, 0.1) is 0 Å². The number of rotatable bonds is 8. The highest BCUT2D eigenvalue weighted by Crippen LogP contribution is 2.15. The second kappa shape index (κ2) is 8.52.